The van der Waals surface area contributed by atoms with E-state index in [-0.39, 0.29) is 4.90 Å². The fourth-order valence-corrected chi connectivity index (χ4v) is 1.94. The van der Waals surface area contributed by atoms with Crippen LogP contribution in [0.5, 0.6) is 0 Å². The zero-order valence-electron chi connectivity index (χ0n) is 7.17. The highest BCUT2D eigenvalue weighted by Gasteiger charge is 2.22. The highest BCUT2D eigenvalue weighted by Crippen LogP contribution is 2.14. The molecule has 1 unspecified atom stereocenters. The van der Waals surface area contributed by atoms with E-state index in [1.807, 2.05) is 0 Å². The van der Waals surface area contributed by atoms with Gasteiger partial charge in [0.15, 0.2) is 5.44 Å². The molecule has 72 valence electrons. The molecule has 0 aliphatic heterocycles. The second-order valence-electron chi connectivity index (χ2n) is 2.56. The van der Waals surface area contributed by atoms with Crippen molar-refractivity contribution in [2.75, 3.05) is 0 Å². The Labute approximate surface area is 77.2 Å². The van der Waals surface area contributed by atoms with Crippen LogP contribution < -0.4 is 5.90 Å². The monoisotopic (exact) mass is 201 g/mol. The third kappa shape index (κ3) is 2.06. The third-order valence-corrected chi connectivity index (χ3v) is 3.61. The van der Waals surface area contributed by atoms with Crippen LogP contribution in [-0.2, 0) is 14.7 Å². The Bertz CT molecular complexity index is 360. The second kappa shape index (κ2) is 3.87. The molecular weight excluding hydrogens is 190 g/mol. The summed E-state index contributed by atoms with van der Waals surface area (Å²) in [5, 5.41) is 0. The molecule has 0 heterocycles. The molecule has 0 fully saturated rings. The molecule has 0 saturated heterocycles. The first-order chi connectivity index (χ1) is 6.09. The van der Waals surface area contributed by atoms with Crippen LogP contribution in [0.3, 0.4) is 0 Å². The molecule has 1 aromatic rings. The Morgan fingerprint density at radius 1 is 1.31 bits per heavy atom. The van der Waals surface area contributed by atoms with Crippen molar-refractivity contribution in [1.82, 2.24) is 0 Å². The Kier molecular flexibility index (Phi) is 3.02. The van der Waals surface area contributed by atoms with Crippen molar-refractivity contribution in [1.29, 1.82) is 0 Å². The van der Waals surface area contributed by atoms with E-state index < -0.39 is 15.3 Å². The van der Waals surface area contributed by atoms with Gasteiger partial charge in [-0.2, -0.15) is 0 Å². The average molecular weight is 201 g/mol. The van der Waals surface area contributed by atoms with Crippen molar-refractivity contribution in [3.63, 3.8) is 0 Å². The largest absolute Gasteiger partial charge is 0.285 e. The Balaban J connectivity index is 3.09. The van der Waals surface area contributed by atoms with Gasteiger partial charge in [-0.05, 0) is 19.1 Å². The van der Waals surface area contributed by atoms with Gasteiger partial charge in [-0.1, -0.05) is 18.2 Å². The summed E-state index contributed by atoms with van der Waals surface area (Å²) in [6.07, 6.45) is 0. The summed E-state index contributed by atoms with van der Waals surface area (Å²) in [6, 6.07) is 8.05. The highest BCUT2D eigenvalue weighted by atomic mass is 32.2. The van der Waals surface area contributed by atoms with Crippen LogP contribution in [0.2, 0.25) is 0 Å². The molecule has 0 radical (unpaired) electrons. The fourth-order valence-electron chi connectivity index (χ4n) is 0.875. The van der Waals surface area contributed by atoms with E-state index in [9.17, 15) is 8.42 Å². The first-order valence-electron chi connectivity index (χ1n) is 3.73. The summed E-state index contributed by atoms with van der Waals surface area (Å²) in [6.45, 7) is 1.39. The lowest BCUT2D eigenvalue weighted by Gasteiger charge is -2.09. The van der Waals surface area contributed by atoms with Crippen LogP contribution in [0, 0.1) is 0 Å². The van der Waals surface area contributed by atoms with Crippen molar-refractivity contribution in [3.05, 3.63) is 30.3 Å². The van der Waals surface area contributed by atoms with E-state index in [0.717, 1.165) is 0 Å². The number of benzene rings is 1. The van der Waals surface area contributed by atoms with Gasteiger partial charge in [-0.25, -0.2) is 14.3 Å². The normalized spacial score (nSPS) is 14.0. The SMILES string of the molecule is CC(ON)S(=O)(=O)c1ccccc1. The summed E-state index contributed by atoms with van der Waals surface area (Å²) in [5.74, 6) is 4.82. The average Bonchev–Trinajstić information content (AvgIpc) is 2.18. The van der Waals surface area contributed by atoms with Gasteiger partial charge in [-0.15, -0.1) is 0 Å². The van der Waals surface area contributed by atoms with Crippen molar-refractivity contribution in [3.8, 4) is 0 Å². The maximum Gasteiger partial charge on any atom is 0.206 e. The lowest BCUT2D eigenvalue weighted by atomic mass is 10.4. The van der Waals surface area contributed by atoms with Gasteiger partial charge in [0.25, 0.3) is 0 Å². The van der Waals surface area contributed by atoms with Gasteiger partial charge < -0.3 is 0 Å². The lowest BCUT2D eigenvalue weighted by molar-refractivity contribution is 0.119. The molecule has 0 bridgehead atoms. The maximum atomic E-state index is 11.6. The highest BCUT2D eigenvalue weighted by molar-refractivity contribution is 7.91. The maximum absolute atomic E-state index is 11.6. The predicted molar refractivity (Wildman–Crippen MR) is 48.4 cm³/mol. The van der Waals surface area contributed by atoms with Gasteiger partial charge in [0.05, 0.1) is 4.90 Å². The van der Waals surface area contributed by atoms with Gasteiger partial charge in [0, 0.05) is 0 Å². The number of rotatable bonds is 3. The molecule has 13 heavy (non-hydrogen) atoms. The summed E-state index contributed by atoms with van der Waals surface area (Å²) < 4.78 is 23.1. The number of hydrogen-bond acceptors (Lipinski definition) is 4. The van der Waals surface area contributed by atoms with Crippen LogP contribution in [0.15, 0.2) is 35.2 Å². The molecule has 0 aromatic heterocycles. The van der Waals surface area contributed by atoms with E-state index in [1.165, 1.54) is 19.1 Å². The van der Waals surface area contributed by atoms with Gasteiger partial charge >= 0.3 is 0 Å². The van der Waals surface area contributed by atoms with Gasteiger partial charge in [0.2, 0.25) is 9.84 Å². The van der Waals surface area contributed by atoms with Crippen LogP contribution in [0.1, 0.15) is 6.92 Å². The molecule has 5 heteroatoms. The second-order valence-corrected chi connectivity index (χ2v) is 4.79. The van der Waals surface area contributed by atoms with E-state index in [4.69, 9.17) is 5.90 Å². The van der Waals surface area contributed by atoms with E-state index in [0.29, 0.717) is 0 Å². The standard InChI is InChI=1S/C8H11NO3S/c1-7(12-9)13(10,11)8-5-3-2-4-6-8/h2-7H,9H2,1H3. The first-order valence-corrected chi connectivity index (χ1v) is 5.28. The molecule has 0 aliphatic carbocycles. The molecular formula is C8H11NO3S. The quantitative estimate of drug-likeness (QED) is 0.731. The molecule has 0 aliphatic rings. The van der Waals surface area contributed by atoms with Crippen LogP contribution >= 0.6 is 0 Å². The van der Waals surface area contributed by atoms with Crippen LogP contribution in [0.4, 0.5) is 0 Å². The Morgan fingerprint density at radius 3 is 2.31 bits per heavy atom. The summed E-state index contributed by atoms with van der Waals surface area (Å²) in [5.41, 5.74) is -1.02. The van der Waals surface area contributed by atoms with E-state index >= 15 is 0 Å². The summed E-state index contributed by atoms with van der Waals surface area (Å²) in [7, 11) is -3.44. The minimum absolute atomic E-state index is 0.216. The Hall–Kier alpha value is -0.910. The molecule has 1 rings (SSSR count). The van der Waals surface area contributed by atoms with E-state index in [1.54, 1.807) is 18.2 Å². The zero-order chi connectivity index (χ0) is 9.90. The molecule has 1 atom stereocenters. The van der Waals surface area contributed by atoms with E-state index in [2.05, 4.69) is 4.84 Å². The minimum Gasteiger partial charge on any atom is -0.285 e. The minimum atomic E-state index is -3.44. The molecule has 4 nitrogen and oxygen atoms in total. The van der Waals surface area contributed by atoms with Crippen molar-refractivity contribution in [2.45, 2.75) is 17.3 Å². The summed E-state index contributed by atoms with van der Waals surface area (Å²) >= 11 is 0. The number of nitrogens with two attached hydrogens (primary N) is 1. The number of hydrogen-bond donors (Lipinski definition) is 1. The van der Waals surface area contributed by atoms with Crippen molar-refractivity contribution in [2.24, 2.45) is 5.90 Å². The Morgan fingerprint density at radius 2 is 1.85 bits per heavy atom. The molecule has 0 amide bonds. The molecule has 0 saturated carbocycles. The molecule has 1 aromatic carbocycles. The topological polar surface area (TPSA) is 69.4 Å². The summed E-state index contributed by atoms with van der Waals surface area (Å²) in [4.78, 5) is 4.50. The third-order valence-electron chi connectivity index (χ3n) is 1.70. The van der Waals surface area contributed by atoms with Crippen molar-refractivity contribution < 1.29 is 13.3 Å². The zero-order valence-corrected chi connectivity index (χ0v) is 7.99. The van der Waals surface area contributed by atoms with Gasteiger partial charge in [0.1, 0.15) is 0 Å². The van der Waals surface area contributed by atoms with Crippen molar-refractivity contribution >= 4 is 9.84 Å². The fraction of sp³-hybridized carbons (Fsp3) is 0.250. The number of sulfone groups is 1. The van der Waals surface area contributed by atoms with Gasteiger partial charge in [-0.3, -0.25) is 4.84 Å². The molecule has 0 spiro atoms. The smallest absolute Gasteiger partial charge is 0.206 e. The first kappa shape index (κ1) is 10.2. The van der Waals surface area contributed by atoms with Crippen LogP contribution in [-0.4, -0.2) is 13.9 Å². The molecule has 2 N–H and O–H groups in total. The van der Waals surface area contributed by atoms with Crippen LogP contribution in [0.25, 0.3) is 0 Å². The lowest BCUT2D eigenvalue weighted by Crippen LogP contribution is -2.24. The predicted octanol–water partition coefficient (Wildman–Crippen LogP) is 0.697.